The lowest BCUT2D eigenvalue weighted by molar-refractivity contribution is -0.384. The van der Waals surface area contributed by atoms with Crippen LogP contribution < -0.4 is 9.64 Å². The molecule has 1 aliphatic rings. The Morgan fingerprint density at radius 1 is 1.21 bits per heavy atom. The molecular formula is C18H16N2O4. The summed E-state index contributed by atoms with van der Waals surface area (Å²) in [5.41, 5.74) is 1.53. The number of hydrogen-bond donors (Lipinski definition) is 0. The van der Waals surface area contributed by atoms with Gasteiger partial charge in [0.2, 0.25) is 0 Å². The van der Waals surface area contributed by atoms with Crippen LogP contribution in [0.3, 0.4) is 0 Å². The average Bonchev–Trinajstić information content (AvgIpc) is 2.61. The Bertz CT molecular complexity index is 816. The van der Waals surface area contributed by atoms with E-state index in [1.165, 1.54) is 18.2 Å². The number of ether oxygens (including phenoxy) is 1. The Hall–Kier alpha value is -3.15. The number of nitro benzene ring substituents is 1. The zero-order valence-corrected chi connectivity index (χ0v) is 13.1. The molecular weight excluding hydrogens is 308 g/mol. The summed E-state index contributed by atoms with van der Waals surface area (Å²) in [7, 11) is 1.58. The van der Waals surface area contributed by atoms with E-state index in [-0.39, 0.29) is 23.9 Å². The van der Waals surface area contributed by atoms with Crippen LogP contribution in [0.2, 0.25) is 0 Å². The van der Waals surface area contributed by atoms with Crippen molar-refractivity contribution in [3.05, 3.63) is 76.5 Å². The highest BCUT2D eigenvalue weighted by atomic mass is 16.6. The zero-order chi connectivity index (χ0) is 17.1. The number of carbonyl (C=O) groups is 1. The van der Waals surface area contributed by atoms with Gasteiger partial charge in [-0.05, 0) is 23.8 Å². The minimum atomic E-state index is -0.433. The lowest BCUT2D eigenvalue weighted by Crippen LogP contribution is -2.29. The zero-order valence-electron chi connectivity index (χ0n) is 13.1. The minimum Gasteiger partial charge on any atom is -0.495 e. The van der Waals surface area contributed by atoms with E-state index in [9.17, 15) is 14.9 Å². The highest BCUT2D eigenvalue weighted by molar-refractivity contribution is 5.92. The second-order valence-electron chi connectivity index (χ2n) is 5.43. The molecule has 6 nitrogen and oxygen atoms in total. The molecule has 0 unspecified atom stereocenters. The Morgan fingerprint density at radius 2 is 2.00 bits per heavy atom. The average molecular weight is 324 g/mol. The number of carbonyl (C=O) groups excluding carboxylic acids is 1. The number of methoxy groups -OCH3 is 1. The summed E-state index contributed by atoms with van der Waals surface area (Å²) in [4.78, 5) is 24.4. The molecule has 0 spiro atoms. The van der Waals surface area contributed by atoms with Gasteiger partial charge in [-0.25, -0.2) is 0 Å². The summed E-state index contributed by atoms with van der Waals surface area (Å²) in [6.07, 6.45) is 3.46. The molecule has 0 saturated heterocycles. The molecule has 1 aliphatic heterocycles. The number of rotatable bonds is 4. The molecule has 0 amide bonds. The van der Waals surface area contributed by atoms with Crippen LogP contribution >= 0.6 is 0 Å². The van der Waals surface area contributed by atoms with Crippen molar-refractivity contribution in [2.24, 2.45) is 0 Å². The van der Waals surface area contributed by atoms with Crippen LogP contribution in [-0.2, 0) is 4.79 Å². The third kappa shape index (κ3) is 2.99. The summed E-state index contributed by atoms with van der Waals surface area (Å²) >= 11 is 0. The number of para-hydroxylation sites is 2. The molecule has 0 aliphatic carbocycles. The predicted octanol–water partition coefficient (Wildman–Crippen LogP) is 3.64. The first kappa shape index (κ1) is 15.7. The molecule has 2 aromatic carbocycles. The van der Waals surface area contributed by atoms with Crippen LogP contribution in [0.1, 0.15) is 18.0 Å². The molecule has 0 saturated carbocycles. The van der Waals surface area contributed by atoms with Gasteiger partial charge in [-0.3, -0.25) is 14.9 Å². The van der Waals surface area contributed by atoms with E-state index in [1.807, 2.05) is 29.2 Å². The standard InChI is InChI=1S/C18H16N2O4/c1-24-18-8-3-2-7-16(18)19-10-9-15(21)12-17(19)13-5-4-6-14(11-13)20(22)23/h2-11,17H,12H2,1H3/t17-/m1/s1. The van der Waals surface area contributed by atoms with Gasteiger partial charge < -0.3 is 9.64 Å². The molecule has 6 heteroatoms. The van der Waals surface area contributed by atoms with Crippen molar-refractivity contribution in [2.45, 2.75) is 12.5 Å². The lowest BCUT2D eigenvalue weighted by Gasteiger charge is -2.33. The van der Waals surface area contributed by atoms with Crippen molar-refractivity contribution in [1.29, 1.82) is 0 Å². The Kier molecular flexibility index (Phi) is 4.29. The number of non-ortho nitro benzene ring substituents is 1. The van der Waals surface area contributed by atoms with Crippen LogP contribution in [0.15, 0.2) is 60.8 Å². The summed E-state index contributed by atoms with van der Waals surface area (Å²) in [6.45, 7) is 0. The van der Waals surface area contributed by atoms with Crippen molar-refractivity contribution < 1.29 is 14.5 Å². The number of anilines is 1. The Balaban J connectivity index is 2.07. The number of allylic oxidation sites excluding steroid dienone is 1. The van der Waals surface area contributed by atoms with E-state index in [2.05, 4.69) is 0 Å². The molecule has 1 heterocycles. The summed E-state index contributed by atoms with van der Waals surface area (Å²) < 4.78 is 5.40. The highest BCUT2D eigenvalue weighted by Gasteiger charge is 2.28. The van der Waals surface area contributed by atoms with Crippen LogP contribution in [0.5, 0.6) is 5.75 Å². The number of benzene rings is 2. The van der Waals surface area contributed by atoms with E-state index in [0.717, 1.165) is 5.69 Å². The molecule has 0 radical (unpaired) electrons. The van der Waals surface area contributed by atoms with Crippen molar-refractivity contribution in [3.8, 4) is 5.75 Å². The van der Waals surface area contributed by atoms with E-state index < -0.39 is 4.92 Å². The van der Waals surface area contributed by atoms with E-state index in [4.69, 9.17) is 4.74 Å². The highest BCUT2D eigenvalue weighted by Crippen LogP contribution is 2.38. The predicted molar refractivity (Wildman–Crippen MR) is 90.1 cm³/mol. The van der Waals surface area contributed by atoms with Crippen LogP contribution in [0.25, 0.3) is 0 Å². The number of nitrogens with zero attached hydrogens (tertiary/aromatic N) is 2. The third-order valence-corrected chi connectivity index (χ3v) is 3.98. The van der Waals surface area contributed by atoms with Gasteiger partial charge in [0.1, 0.15) is 5.75 Å². The third-order valence-electron chi connectivity index (χ3n) is 3.98. The Labute approximate surface area is 139 Å². The first-order valence-corrected chi connectivity index (χ1v) is 7.47. The SMILES string of the molecule is COc1ccccc1N1C=CC(=O)C[C@@H]1c1cccc([N+](=O)[O-])c1. The summed E-state index contributed by atoms with van der Waals surface area (Å²) in [5, 5.41) is 11.0. The van der Waals surface area contributed by atoms with Gasteiger partial charge in [0.25, 0.3) is 5.69 Å². The molecule has 2 aromatic rings. The van der Waals surface area contributed by atoms with Crippen molar-refractivity contribution in [3.63, 3.8) is 0 Å². The molecule has 0 N–H and O–H groups in total. The van der Waals surface area contributed by atoms with Gasteiger partial charge in [0.05, 0.1) is 23.8 Å². The van der Waals surface area contributed by atoms with E-state index in [1.54, 1.807) is 25.4 Å². The first-order chi connectivity index (χ1) is 11.6. The first-order valence-electron chi connectivity index (χ1n) is 7.47. The fourth-order valence-corrected chi connectivity index (χ4v) is 2.84. The minimum absolute atomic E-state index is 0.00878. The second kappa shape index (κ2) is 6.54. The molecule has 0 bridgehead atoms. The van der Waals surface area contributed by atoms with Crippen LogP contribution in [0, 0.1) is 10.1 Å². The van der Waals surface area contributed by atoms with Gasteiger partial charge in [-0.1, -0.05) is 24.3 Å². The van der Waals surface area contributed by atoms with Crippen LogP contribution in [-0.4, -0.2) is 17.8 Å². The molecule has 24 heavy (non-hydrogen) atoms. The largest absolute Gasteiger partial charge is 0.495 e. The maximum atomic E-state index is 11.9. The number of nitro groups is 1. The van der Waals surface area contributed by atoms with Crippen molar-refractivity contribution >= 4 is 17.2 Å². The molecule has 0 aromatic heterocycles. The van der Waals surface area contributed by atoms with Crippen LogP contribution in [0.4, 0.5) is 11.4 Å². The maximum Gasteiger partial charge on any atom is 0.269 e. The van der Waals surface area contributed by atoms with Crippen molar-refractivity contribution in [1.82, 2.24) is 0 Å². The van der Waals surface area contributed by atoms with Gasteiger partial charge in [0.15, 0.2) is 5.78 Å². The van der Waals surface area contributed by atoms with E-state index in [0.29, 0.717) is 11.3 Å². The summed E-state index contributed by atoms with van der Waals surface area (Å²) in [6, 6.07) is 13.5. The monoisotopic (exact) mass is 324 g/mol. The van der Waals surface area contributed by atoms with Gasteiger partial charge in [0, 0.05) is 24.8 Å². The van der Waals surface area contributed by atoms with Gasteiger partial charge in [-0.15, -0.1) is 0 Å². The maximum absolute atomic E-state index is 11.9. The Morgan fingerprint density at radius 3 is 2.75 bits per heavy atom. The topological polar surface area (TPSA) is 72.7 Å². The molecule has 122 valence electrons. The van der Waals surface area contributed by atoms with Crippen molar-refractivity contribution in [2.75, 3.05) is 12.0 Å². The fraction of sp³-hybridized carbons (Fsp3) is 0.167. The number of ketones is 1. The van der Waals surface area contributed by atoms with Gasteiger partial charge >= 0.3 is 0 Å². The molecule has 3 rings (SSSR count). The smallest absolute Gasteiger partial charge is 0.269 e. The summed E-state index contributed by atoms with van der Waals surface area (Å²) in [5.74, 6) is 0.657. The molecule has 1 atom stereocenters. The second-order valence-corrected chi connectivity index (χ2v) is 5.43. The lowest BCUT2D eigenvalue weighted by atomic mass is 9.96. The number of hydrogen-bond acceptors (Lipinski definition) is 5. The quantitative estimate of drug-likeness (QED) is 0.634. The molecule has 0 fully saturated rings. The van der Waals surface area contributed by atoms with E-state index >= 15 is 0 Å². The van der Waals surface area contributed by atoms with Gasteiger partial charge in [-0.2, -0.15) is 0 Å². The normalized spacial score (nSPS) is 17.0. The fourth-order valence-electron chi connectivity index (χ4n) is 2.84.